The molecule has 0 unspecified atom stereocenters. The molecule has 5 heteroatoms. The maximum Gasteiger partial charge on any atom is 0.488 e. The molecule has 2 aromatic carbocycles. The molecule has 0 atom stereocenters. The second-order valence-electron chi connectivity index (χ2n) is 4.67. The Kier molecular flexibility index (Phi) is 4.66. The predicted octanol–water partition coefficient (Wildman–Crippen LogP) is 1.01. The highest BCUT2D eigenvalue weighted by Crippen LogP contribution is 2.19. The second-order valence-corrected chi connectivity index (χ2v) is 4.67. The van der Waals surface area contributed by atoms with E-state index in [1.54, 1.807) is 19.2 Å². The zero-order valence-corrected chi connectivity index (χ0v) is 11.7. The molecule has 0 amide bonds. The van der Waals surface area contributed by atoms with Gasteiger partial charge in [0.1, 0.15) is 5.75 Å². The molecule has 20 heavy (non-hydrogen) atoms. The second kappa shape index (κ2) is 6.46. The maximum absolute atomic E-state index is 9.19. The van der Waals surface area contributed by atoms with Gasteiger partial charge in [0, 0.05) is 19.3 Å². The first-order chi connectivity index (χ1) is 9.60. The Morgan fingerprint density at radius 1 is 1.10 bits per heavy atom. The highest BCUT2D eigenvalue weighted by atomic mass is 16.5. The maximum atomic E-state index is 9.19. The third kappa shape index (κ3) is 3.53. The van der Waals surface area contributed by atoms with E-state index in [9.17, 15) is 10.0 Å². The van der Waals surface area contributed by atoms with Crippen LogP contribution in [0.25, 0.3) is 0 Å². The zero-order chi connectivity index (χ0) is 14.5. The van der Waals surface area contributed by atoms with Gasteiger partial charge in [-0.1, -0.05) is 24.3 Å². The molecule has 0 saturated heterocycles. The monoisotopic (exact) mass is 271 g/mol. The molecule has 0 saturated carbocycles. The molecule has 0 fully saturated rings. The highest BCUT2D eigenvalue weighted by molar-refractivity contribution is 6.58. The van der Waals surface area contributed by atoms with Gasteiger partial charge in [-0.2, -0.15) is 0 Å². The number of rotatable bonds is 5. The SMILES string of the molecule is COc1ccc(N(C)Cc2cccc(B(O)O)c2)cc1. The molecular weight excluding hydrogens is 253 g/mol. The number of hydrogen-bond acceptors (Lipinski definition) is 4. The Labute approximate surface area is 119 Å². The van der Waals surface area contributed by atoms with Crippen molar-refractivity contribution in [1.29, 1.82) is 0 Å². The largest absolute Gasteiger partial charge is 0.497 e. The van der Waals surface area contributed by atoms with Crippen molar-refractivity contribution in [2.45, 2.75) is 6.54 Å². The minimum atomic E-state index is -1.43. The van der Waals surface area contributed by atoms with E-state index in [2.05, 4.69) is 4.90 Å². The Balaban J connectivity index is 2.10. The summed E-state index contributed by atoms with van der Waals surface area (Å²) >= 11 is 0. The van der Waals surface area contributed by atoms with Crippen LogP contribution in [0.3, 0.4) is 0 Å². The molecule has 2 aromatic rings. The number of nitrogens with zero attached hydrogens (tertiary/aromatic N) is 1. The third-order valence-corrected chi connectivity index (χ3v) is 3.18. The number of benzene rings is 2. The van der Waals surface area contributed by atoms with Gasteiger partial charge in [0.15, 0.2) is 0 Å². The molecule has 104 valence electrons. The molecule has 0 spiro atoms. The zero-order valence-electron chi connectivity index (χ0n) is 11.7. The fourth-order valence-electron chi connectivity index (χ4n) is 2.05. The topological polar surface area (TPSA) is 52.9 Å². The molecule has 2 rings (SSSR count). The Bertz CT molecular complexity index is 557. The minimum absolute atomic E-state index is 0.505. The lowest BCUT2D eigenvalue weighted by Gasteiger charge is -2.20. The van der Waals surface area contributed by atoms with Crippen molar-refractivity contribution >= 4 is 18.3 Å². The summed E-state index contributed by atoms with van der Waals surface area (Å²) in [6.07, 6.45) is 0. The van der Waals surface area contributed by atoms with Crippen LogP contribution in [0.5, 0.6) is 5.75 Å². The average molecular weight is 271 g/mol. The fourth-order valence-corrected chi connectivity index (χ4v) is 2.05. The van der Waals surface area contributed by atoms with Gasteiger partial charge in [-0.25, -0.2) is 0 Å². The van der Waals surface area contributed by atoms with Crippen LogP contribution in [0.2, 0.25) is 0 Å². The summed E-state index contributed by atoms with van der Waals surface area (Å²) in [6.45, 7) is 0.687. The Hall–Kier alpha value is -1.98. The van der Waals surface area contributed by atoms with Gasteiger partial charge < -0.3 is 19.7 Å². The van der Waals surface area contributed by atoms with Gasteiger partial charge in [-0.05, 0) is 35.3 Å². The first-order valence-corrected chi connectivity index (χ1v) is 6.40. The number of ether oxygens (including phenoxy) is 1. The van der Waals surface area contributed by atoms with E-state index in [0.717, 1.165) is 17.0 Å². The average Bonchev–Trinajstić information content (AvgIpc) is 2.47. The molecule has 4 nitrogen and oxygen atoms in total. The quantitative estimate of drug-likeness (QED) is 0.797. The predicted molar refractivity (Wildman–Crippen MR) is 81.4 cm³/mol. The van der Waals surface area contributed by atoms with Crippen LogP contribution in [0, 0.1) is 0 Å². The summed E-state index contributed by atoms with van der Waals surface area (Å²) in [4.78, 5) is 2.09. The van der Waals surface area contributed by atoms with Crippen LogP contribution in [-0.4, -0.2) is 31.3 Å². The highest BCUT2D eigenvalue weighted by Gasteiger charge is 2.11. The van der Waals surface area contributed by atoms with E-state index in [0.29, 0.717) is 12.0 Å². The summed E-state index contributed by atoms with van der Waals surface area (Å²) in [5.74, 6) is 0.826. The van der Waals surface area contributed by atoms with Crippen molar-refractivity contribution in [1.82, 2.24) is 0 Å². The lowest BCUT2D eigenvalue weighted by molar-refractivity contribution is 0.415. The number of anilines is 1. The van der Waals surface area contributed by atoms with Crippen molar-refractivity contribution in [2.24, 2.45) is 0 Å². The van der Waals surface area contributed by atoms with Gasteiger partial charge in [0.2, 0.25) is 0 Å². The summed E-state index contributed by atoms with van der Waals surface area (Å²) in [6, 6.07) is 15.1. The molecule has 0 bridgehead atoms. The van der Waals surface area contributed by atoms with Crippen molar-refractivity contribution in [3.05, 3.63) is 54.1 Å². The summed E-state index contributed by atoms with van der Waals surface area (Å²) < 4.78 is 5.14. The third-order valence-electron chi connectivity index (χ3n) is 3.18. The fraction of sp³-hybridized carbons (Fsp3) is 0.200. The summed E-state index contributed by atoms with van der Waals surface area (Å²) in [5, 5.41) is 18.4. The van der Waals surface area contributed by atoms with E-state index in [-0.39, 0.29) is 0 Å². The van der Waals surface area contributed by atoms with Crippen molar-refractivity contribution in [3.63, 3.8) is 0 Å². The number of hydrogen-bond donors (Lipinski definition) is 2. The molecule has 0 radical (unpaired) electrons. The lowest BCUT2D eigenvalue weighted by Crippen LogP contribution is -2.30. The standard InChI is InChI=1S/C15H18BNO3/c1-17(14-6-8-15(20-2)9-7-14)11-12-4-3-5-13(10-12)16(18)19/h3-10,18-19H,11H2,1-2H3. The van der Waals surface area contributed by atoms with Crippen LogP contribution in [0.4, 0.5) is 5.69 Å². The lowest BCUT2D eigenvalue weighted by atomic mass is 9.79. The summed E-state index contributed by atoms with van der Waals surface area (Å²) in [5.41, 5.74) is 2.60. The molecule has 0 aliphatic heterocycles. The van der Waals surface area contributed by atoms with Gasteiger partial charge >= 0.3 is 7.12 Å². The molecule has 0 heterocycles. The van der Waals surface area contributed by atoms with Crippen molar-refractivity contribution in [2.75, 3.05) is 19.1 Å². The molecule has 0 aliphatic rings. The normalized spacial score (nSPS) is 10.2. The van der Waals surface area contributed by atoms with Gasteiger partial charge in [-0.15, -0.1) is 0 Å². The van der Waals surface area contributed by atoms with Gasteiger partial charge in [-0.3, -0.25) is 0 Å². The Morgan fingerprint density at radius 3 is 2.40 bits per heavy atom. The number of methoxy groups -OCH3 is 1. The van der Waals surface area contributed by atoms with Gasteiger partial charge in [0.25, 0.3) is 0 Å². The van der Waals surface area contributed by atoms with E-state index >= 15 is 0 Å². The molecule has 0 aliphatic carbocycles. The first-order valence-electron chi connectivity index (χ1n) is 6.40. The van der Waals surface area contributed by atoms with Crippen LogP contribution >= 0.6 is 0 Å². The van der Waals surface area contributed by atoms with Crippen molar-refractivity contribution in [3.8, 4) is 5.75 Å². The van der Waals surface area contributed by atoms with E-state index < -0.39 is 7.12 Å². The molecule has 2 N–H and O–H groups in total. The van der Waals surface area contributed by atoms with E-state index in [1.807, 2.05) is 43.4 Å². The summed E-state index contributed by atoms with van der Waals surface area (Å²) in [7, 11) is 2.20. The van der Waals surface area contributed by atoms with E-state index in [1.165, 1.54) is 0 Å². The van der Waals surface area contributed by atoms with E-state index in [4.69, 9.17) is 4.74 Å². The Morgan fingerprint density at radius 2 is 1.80 bits per heavy atom. The van der Waals surface area contributed by atoms with Gasteiger partial charge in [0.05, 0.1) is 7.11 Å². The minimum Gasteiger partial charge on any atom is -0.497 e. The van der Waals surface area contributed by atoms with Crippen LogP contribution < -0.4 is 15.1 Å². The molecular formula is C15H18BNO3. The van der Waals surface area contributed by atoms with Crippen LogP contribution in [0.1, 0.15) is 5.56 Å². The first kappa shape index (κ1) is 14.4. The molecule has 0 aromatic heterocycles. The van der Waals surface area contributed by atoms with Crippen LogP contribution in [0.15, 0.2) is 48.5 Å². The van der Waals surface area contributed by atoms with Crippen LogP contribution in [-0.2, 0) is 6.54 Å². The van der Waals surface area contributed by atoms with Crippen molar-refractivity contribution < 1.29 is 14.8 Å². The smallest absolute Gasteiger partial charge is 0.488 e.